The fourth-order valence-electron chi connectivity index (χ4n) is 2.48. The van der Waals surface area contributed by atoms with Crippen molar-refractivity contribution < 1.29 is 19.1 Å². The number of ether oxygens (including phenoxy) is 2. The third-order valence-corrected chi connectivity index (χ3v) is 3.72. The minimum Gasteiger partial charge on any atom is -0.348 e. The lowest BCUT2D eigenvalue weighted by Crippen LogP contribution is -2.46. The number of amides is 3. The second kappa shape index (κ2) is 3.68. The van der Waals surface area contributed by atoms with Crippen molar-refractivity contribution in [3.63, 3.8) is 0 Å². The van der Waals surface area contributed by atoms with Crippen LogP contribution < -0.4 is 5.32 Å². The van der Waals surface area contributed by atoms with Crippen LogP contribution in [0.5, 0.6) is 0 Å². The van der Waals surface area contributed by atoms with Gasteiger partial charge in [-0.2, -0.15) is 0 Å². The first-order valence-electron chi connectivity index (χ1n) is 5.98. The molecule has 3 rings (SSSR count). The summed E-state index contributed by atoms with van der Waals surface area (Å²) < 4.78 is 10.5. The van der Waals surface area contributed by atoms with Crippen molar-refractivity contribution in [2.75, 3.05) is 19.8 Å². The summed E-state index contributed by atoms with van der Waals surface area (Å²) in [5.74, 6) is 0.137. The fourth-order valence-corrected chi connectivity index (χ4v) is 2.48. The van der Waals surface area contributed by atoms with Crippen LogP contribution in [-0.4, -0.2) is 48.4 Å². The molecule has 0 aromatic heterocycles. The SMILES string of the molecule is C[C@@]1(C2CC2)NC(=O)N(CC2OCCO2)C1=O. The summed E-state index contributed by atoms with van der Waals surface area (Å²) in [6, 6.07) is -0.330. The Kier molecular flexibility index (Phi) is 2.38. The van der Waals surface area contributed by atoms with E-state index < -0.39 is 11.8 Å². The van der Waals surface area contributed by atoms with Gasteiger partial charge in [0.15, 0.2) is 6.29 Å². The molecule has 0 bridgehead atoms. The Bertz CT molecular complexity index is 362. The maximum absolute atomic E-state index is 12.2. The van der Waals surface area contributed by atoms with Crippen LogP contribution in [0.4, 0.5) is 4.79 Å². The first-order chi connectivity index (χ1) is 8.11. The second-order valence-corrected chi connectivity index (χ2v) is 4.99. The van der Waals surface area contributed by atoms with Gasteiger partial charge < -0.3 is 14.8 Å². The van der Waals surface area contributed by atoms with Crippen LogP contribution >= 0.6 is 0 Å². The van der Waals surface area contributed by atoms with Gasteiger partial charge in [0, 0.05) is 0 Å². The predicted octanol–water partition coefficient (Wildman–Crippen LogP) is 0.0798. The van der Waals surface area contributed by atoms with E-state index in [4.69, 9.17) is 9.47 Å². The van der Waals surface area contributed by atoms with Gasteiger partial charge in [0.05, 0.1) is 19.8 Å². The predicted molar refractivity (Wildman–Crippen MR) is 57.1 cm³/mol. The number of urea groups is 1. The molecule has 0 unspecified atom stereocenters. The van der Waals surface area contributed by atoms with E-state index in [1.165, 1.54) is 4.90 Å². The van der Waals surface area contributed by atoms with E-state index in [2.05, 4.69) is 5.32 Å². The number of imide groups is 1. The molecule has 6 heteroatoms. The molecule has 1 N–H and O–H groups in total. The van der Waals surface area contributed by atoms with E-state index in [0.29, 0.717) is 13.2 Å². The van der Waals surface area contributed by atoms with Crippen LogP contribution in [0, 0.1) is 5.92 Å². The van der Waals surface area contributed by atoms with Crippen molar-refractivity contribution >= 4 is 11.9 Å². The number of nitrogens with zero attached hydrogens (tertiary/aromatic N) is 1. The quantitative estimate of drug-likeness (QED) is 0.709. The van der Waals surface area contributed by atoms with Gasteiger partial charge in [-0.3, -0.25) is 9.69 Å². The van der Waals surface area contributed by atoms with Crippen LogP contribution in [0.25, 0.3) is 0 Å². The van der Waals surface area contributed by atoms with Crippen molar-refractivity contribution in [2.24, 2.45) is 5.92 Å². The fraction of sp³-hybridized carbons (Fsp3) is 0.818. The highest BCUT2D eigenvalue weighted by Gasteiger charge is 2.56. The summed E-state index contributed by atoms with van der Waals surface area (Å²) in [7, 11) is 0. The van der Waals surface area contributed by atoms with Crippen LogP contribution in [0.2, 0.25) is 0 Å². The summed E-state index contributed by atoms with van der Waals surface area (Å²) in [5, 5.41) is 2.79. The van der Waals surface area contributed by atoms with Crippen LogP contribution in [0.3, 0.4) is 0 Å². The normalized spacial score (nSPS) is 34.5. The summed E-state index contributed by atoms with van der Waals surface area (Å²) in [6.45, 7) is 3.04. The van der Waals surface area contributed by atoms with E-state index in [-0.39, 0.29) is 24.4 Å². The molecule has 17 heavy (non-hydrogen) atoms. The Hall–Kier alpha value is -1.14. The molecular formula is C11H16N2O4. The van der Waals surface area contributed by atoms with Crippen molar-refractivity contribution in [1.29, 1.82) is 0 Å². The minimum absolute atomic E-state index is 0.149. The molecule has 1 saturated carbocycles. The van der Waals surface area contributed by atoms with Gasteiger partial charge in [0.2, 0.25) is 0 Å². The lowest BCUT2D eigenvalue weighted by atomic mass is 9.96. The van der Waals surface area contributed by atoms with E-state index in [1.54, 1.807) is 6.92 Å². The standard InChI is InChI=1S/C11H16N2O4/c1-11(7-2-3-7)9(14)13(10(15)12-11)6-8-16-4-5-17-8/h7-8H,2-6H2,1H3,(H,12,15)/t11-/m0/s1. The number of nitrogens with one attached hydrogen (secondary N) is 1. The smallest absolute Gasteiger partial charge is 0.325 e. The molecule has 94 valence electrons. The van der Waals surface area contributed by atoms with Crippen LogP contribution in [0.15, 0.2) is 0 Å². The average Bonchev–Trinajstić information content (AvgIpc) is 2.99. The maximum atomic E-state index is 12.2. The first-order valence-corrected chi connectivity index (χ1v) is 5.98. The second-order valence-electron chi connectivity index (χ2n) is 4.99. The monoisotopic (exact) mass is 240 g/mol. The summed E-state index contributed by atoms with van der Waals surface area (Å²) in [5.41, 5.74) is -0.713. The van der Waals surface area contributed by atoms with E-state index in [1.807, 2.05) is 0 Å². The van der Waals surface area contributed by atoms with Gasteiger partial charge >= 0.3 is 6.03 Å². The zero-order valence-corrected chi connectivity index (χ0v) is 9.77. The Morgan fingerprint density at radius 3 is 2.59 bits per heavy atom. The first kappa shape index (κ1) is 11.0. The van der Waals surface area contributed by atoms with Crippen molar-refractivity contribution in [1.82, 2.24) is 10.2 Å². The van der Waals surface area contributed by atoms with E-state index in [0.717, 1.165) is 12.8 Å². The summed E-state index contributed by atoms with van der Waals surface area (Å²) in [6.07, 6.45) is 1.55. The molecule has 2 aliphatic heterocycles. The Morgan fingerprint density at radius 2 is 2.00 bits per heavy atom. The minimum atomic E-state index is -0.713. The van der Waals surface area contributed by atoms with Gasteiger partial charge in [-0.15, -0.1) is 0 Å². The number of rotatable bonds is 3. The zero-order chi connectivity index (χ0) is 12.0. The molecule has 0 aromatic carbocycles. The molecule has 0 radical (unpaired) electrons. The topological polar surface area (TPSA) is 67.9 Å². The van der Waals surface area contributed by atoms with Gasteiger partial charge in [-0.05, 0) is 25.7 Å². The Morgan fingerprint density at radius 1 is 1.35 bits per heavy atom. The molecule has 1 aliphatic carbocycles. The maximum Gasteiger partial charge on any atom is 0.325 e. The highest BCUT2D eigenvalue weighted by atomic mass is 16.7. The van der Waals surface area contributed by atoms with Gasteiger partial charge in [-0.1, -0.05) is 0 Å². The molecule has 0 aromatic rings. The number of hydrogen-bond acceptors (Lipinski definition) is 4. The summed E-state index contributed by atoms with van der Waals surface area (Å²) in [4.78, 5) is 25.3. The van der Waals surface area contributed by atoms with Crippen LogP contribution in [0.1, 0.15) is 19.8 Å². The molecule has 1 atom stereocenters. The summed E-state index contributed by atoms with van der Waals surface area (Å²) >= 11 is 0. The molecule has 2 heterocycles. The van der Waals surface area contributed by atoms with Gasteiger partial charge in [0.25, 0.3) is 5.91 Å². The lowest BCUT2D eigenvalue weighted by Gasteiger charge is -2.21. The highest BCUT2D eigenvalue weighted by molar-refractivity contribution is 6.07. The zero-order valence-electron chi connectivity index (χ0n) is 9.77. The number of hydrogen-bond donors (Lipinski definition) is 1. The third-order valence-electron chi connectivity index (χ3n) is 3.72. The van der Waals surface area contributed by atoms with E-state index >= 15 is 0 Å². The molecule has 2 saturated heterocycles. The van der Waals surface area contributed by atoms with Crippen molar-refractivity contribution in [3.8, 4) is 0 Å². The Labute approximate surface area is 99.2 Å². The molecule has 3 fully saturated rings. The van der Waals surface area contributed by atoms with E-state index in [9.17, 15) is 9.59 Å². The van der Waals surface area contributed by atoms with Crippen molar-refractivity contribution in [2.45, 2.75) is 31.6 Å². The molecular weight excluding hydrogens is 224 g/mol. The van der Waals surface area contributed by atoms with Crippen molar-refractivity contribution in [3.05, 3.63) is 0 Å². The number of carbonyl (C=O) groups excluding carboxylic acids is 2. The average molecular weight is 240 g/mol. The third kappa shape index (κ3) is 1.71. The Balaban J connectivity index is 1.72. The number of carbonyl (C=O) groups is 2. The molecule has 3 amide bonds. The molecule has 0 spiro atoms. The highest BCUT2D eigenvalue weighted by Crippen LogP contribution is 2.42. The van der Waals surface area contributed by atoms with Gasteiger partial charge in [0.1, 0.15) is 5.54 Å². The van der Waals surface area contributed by atoms with Gasteiger partial charge in [-0.25, -0.2) is 4.79 Å². The lowest BCUT2D eigenvalue weighted by molar-refractivity contribution is -0.135. The molecule has 3 aliphatic rings. The van der Waals surface area contributed by atoms with Crippen LogP contribution in [-0.2, 0) is 14.3 Å². The molecule has 6 nitrogen and oxygen atoms in total. The largest absolute Gasteiger partial charge is 0.348 e.